The summed E-state index contributed by atoms with van der Waals surface area (Å²) in [7, 11) is 0. The number of hydrogen-bond acceptors (Lipinski definition) is 4. The van der Waals surface area contributed by atoms with Crippen molar-refractivity contribution in [1.82, 2.24) is 9.80 Å². The highest BCUT2D eigenvalue weighted by Gasteiger charge is 2.46. The van der Waals surface area contributed by atoms with Crippen LogP contribution >= 0.6 is 0 Å². The summed E-state index contributed by atoms with van der Waals surface area (Å²) in [6.07, 6.45) is 0.0278. The molecule has 5 heteroatoms. The molecule has 3 rings (SSSR count). The molecular formula is C19H28N2O3. The first-order valence-corrected chi connectivity index (χ1v) is 8.77. The monoisotopic (exact) mass is 332 g/mol. The molecule has 0 aromatic heterocycles. The van der Waals surface area contributed by atoms with Crippen molar-refractivity contribution in [2.75, 3.05) is 19.6 Å². The van der Waals surface area contributed by atoms with Gasteiger partial charge in [-0.25, -0.2) is 4.79 Å². The van der Waals surface area contributed by atoms with Gasteiger partial charge >= 0.3 is 6.09 Å². The van der Waals surface area contributed by atoms with Crippen LogP contribution in [0.25, 0.3) is 0 Å². The molecule has 3 atom stereocenters. The molecule has 1 amide bonds. The molecule has 2 fully saturated rings. The fourth-order valence-corrected chi connectivity index (χ4v) is 3.77. The molecule has 2 saturated heterocycles. The van der Waals surface area contributed by atoms with Crippen LogP contribution in [-0.4, -0.2) is 58.4 Å². The van der Waals surface area contributed by atoms with Gasteiger partial charge in [0.25, 0.3) is 0 Å². The number of ether oxygens (including phenoxy) is 1. The van der Waals surface area contributed by atoms with E-state index in [4.69, 9.17) is 4.74 Å². The summed E-state index contributed by atoms with van der Waals surface area (Å²) >= 11 is 0. The lowest BCUT2D eigenvalue weighted by molar-refractivity contribution is -0.0219. The number of aliphatic hydroxyl groups excluding tert-OH is 1. The summed E-state index contributed by atoms with van der Waals surface area (Å²) < 4.78 is 5.56. The number of carbonyl (C=O) groups is 1. The lowest BCUT2D eigenvalue weighted by atomic mass is 9.89. The topological polar surface area (TPSA) is 53.0 Å². The summed E-state index contributed by atoms with van der Waals surface area (Å²) in [5, 5.41) is 10.4. The molecule has 1 unspecified atom stereocenters. The van der Waals surface area contributed by atoms with E-state index in [1.54, 1.807) is 0 Å². The van der Waals surface area contributed by atoms with Gasteiger partial charge in [-0.2, -0.15) is 0 Å². The molecule has 2 aliphatic heterocycles. The maximum atomic E-state index is 12.5. The van der Waals surface area contributed by atoms with Gasteiger partial charge in [0.2, 0.25) is 0 Å². The average molecular weight is 332 g/mol. The van der Waals surface area contributed by atoms with Crippen LogP contribution in [0.2, 0.25) is 0 Å². The number of likely N-dealkylation sites (tertiary alicyclic amines) is 2. The second-order valence-corrected chi connectivity index (χ2v) is 7.94. The van der Waals surface area contributed by atoms with Crippen LogP contribution in [0.5, 0.6) is 0 Å². The van der Waals surface area contributed by atoms with E-state index in [0.29, 0.717) is 13.0 Å². The Balaban J connectivity index is 1.69. The first kappa shape index (κ1) is 17.2. The molecule has 0 bridgehead atoms. The Morgan fingerprint density at radius 3 is 2.62 bits per heavy atom. The third kappa shape index (κ3) is 3.90. The highest BCUT2D eigenvalue weighted by atomic mass is 16.6. The average Bonchev–Trinajstić information content (AvgIpc) is 2.91. The number of nitrogens with zero attached hydrogens (tertiary/aromatic N) is 2. The number of rotatable bonds is 2. The van der Waals surface area contributed by atoms with Crippen LogP contribution in [0.4, 0.5) is 4.79 Å². The van der Waals surface area contributed by atoms with Crippen molar-refractivity contribution in [3.8, 4) is 0 Å². The van der Waals surface area contributed by atoms with E-state index < -0.39 is 5.60 Å². The van der Waals surface area contributed by atoms with Crippen molar-refractivity contribution >= 4 is 6.09 Å². The zero-order valence-electron chi connectivity index (χ0n) is 14.8. The molecule has 0 aliphatic carbocycles. The number of amides is 1. The maximum Gasteiger partial charge on any atom is 0.410 e. The third-order valence-electron chi connectivity index (χ3n) is 4.85. The van der Waals surface area contributed by atoms with Crippen molar-refractivity contribution in [2.45, 2.75) is 51.5 Å². The predicted molar refractivity (Wildman–Crippen MR) is 92.6 cm³/mol. The van der Waals surface area contributed by atoms with Crippen LogP contribution in [0.3, 0.4) is 0 Å². The molecule has 2 aliphatic rings. The minimum Gasteiger partial charge on any atom is -0.444 e. The number of carbonyl (C=O) groups excluding carboxylic acids is 1. The van der Waals surface area contributed by atoms with Gasteiger partial charge in [-0.3, -0.25) is 4.90 Å². The summed E-state index contributed by atoms with van der Waals surface area (Å²) in [5.41, 5.74) is 0.764. The largest absolute Gasteiger partial charge is 0.444 e. The van der Waals surface area contributed by atoms with Crippen LogP contribution in [0, 0.1) is 5.92 Å². The highest BCUT2D eigenvalue weighted by molar-refractivity contribution is 5.69. The lowest BCUT2D eigenvalue weighted by Crippen LogP contribution is -2.54. The lowest BCUT2D eigenvalue weighted by Gasteiger charge is -2.40. The highest BCUT2D eigenvalue weighted by Crippen LogP contribution is 2.32. The first-order chi connectivity index (χ1) is 11.3. The molecule has 1 aromatic rings. The van der Waals surface area contributed by atoms with Gasteiger partial charge in [-0.1, -0.05) is 30.3 Å². The minimum atomic E-state index is -0.495. The molecule has 0 radical (unpaired) electrons. The Hall–Kier alpha value is -1.59. The number of aliphatic hydroxyl groups is 1. The standard InChI is InChI=1S/C19H28N2O3/c1-19(2,3)24-18(23)21-10-9-17(22)15-12-20(13-16(15)21)11-14-7-5-4-6-8-14/h4-8,15-17,22H,9-13H2,1-3H3/t15-,16+,17?/m1/s1. The van der Waals surface area contributed by atoms with Crippen molar-refractivity contribution in [3.63, 3.8) is 0 Å². The van der Waals surface area contributed by atoms with E-state index in [2.05, 4.69) is 17.0 Å². The number of hydrogen-bond donors (Lipinski definition) is 1. The van der Waals surface area contributed by atoms with Gasteiger partial charge in [-0.15, -0.1) is 0 Å². The molecule has 132 valence electrons. The number of fused-ring (bicyclic) bond motifs is 1. The smallest absolute Gasteiger partial charge is 0.410 e. The molecule has 5 nitrogen and oxygen atoms in total. The van der Waals surface area contributed by atoms with Gasteiger partial charge in [0.1, 0.15) is 5.60 Å². The van der Waals surface area contributed by atoms with E-state index in [1.165, 1.54) is 5.56 Å². The van der Waals surface area contributed by atoms with Gasteiger partial charge in [0.15, 0.2) is 0 Å². The van der Waals surface area contributed by atoms with E-state index in [-0.39, 0.29) is 24.2 Å². The SMILES string of the molecule is CC(C)(C)OC(=O)N1CCC(O)[C@@H]2CN(Cc3ccccc3)C[C@@H]21. The Morgan fingerprint density at radius 2 is 1.96 bits per heavy atom. The maximum absolute atomic E-state index is 12.5. The molecule has 0 saturated carbocycles. The fraction of sp³-hybridized carbons (Fsp3) is 0.632. The second kappa shape index (κ2) is 6.73. The molecule has 1 N–H and O–H groups in total. The zero-order valence-corrected chi connectivity index (χ0v) is 14.8. The number of piperidine rings is 1. The van der Waals surface area contributed by atoms with E-state index >= 15 is 0 Å². The quantitative estimate of drug-likeness (QED) is 0.904. The summed E-state index contributed by atoms with van der Waals surface area (Å²) in [6, 6.07) is 10.4. The molecule has 2 heterocycles. The Kier molecular flexibility index (Phi) is 4.83. The van der Waals surface area contributed by atoms with Gasteiger partial charge in [-0.05, 0) is 32.8 Å². The van der Waals surface area contributed by atoms with Crippen LogP contribution in [-0.2, 0) is 11.3 Å². The number of benzene rings is 1. The van der Waals surface area contributed by atoms with Crippen molar-refractivity contribution < 1.29 is 14.6 Å². The van der Waals surface area contributed by atoms with Crippen molar-refractivity contribution in [2.24, 2.45) is 5.92 Å². The van der Waals surface area contributed by atoms with Crippen molar-refractivity contribution in [3.05, 3.63) is 35.9 Å². The first-order valence-electron chi connectivity index (χ1n) is 8.77. The Labute approximate surface area is 144 Å². The molecule has 1 aromatic carbocycles. The van der Waals surface area contributed by atoms with E-state index in [0.717, 1.165) is 19.6 Å². The Morgan fingerprint density at radius 1 is 1.25 bits per heavy atom. The van der Waals surface area contributed by atoms with Gasteiger partial charge < -0.3 is 14.7 Å². The molecule has 24 heavy (non-hydrogen) atoms. The Bertz CT molecular complexity index is 570. The zero-order chi connectivity index (χ0) is 17.3. The third-order valence-corrected chi connectivity index (χ3v) is 4.85. The summed E-state index contributed by atoms with van der Waals surface area (Å²) in [6.45, 7) is 8.68. The fourth-order valence-electron chi connectivity index (χ4n) is 3.77. The minimum absolute atomic E-state index is 0.0345. The van der Waals surface area contributed by atoms with Crippen LogP contribution in [0.15, 0.2) is 30.3 Å². The predicted octanol–water partition coefficient (Wildman–Crippen LogP) is 2.49. The summed E-state index contributed by atoms with van der Waals surface area (Å²) in [5.74, 6) is 0.106. The van der Waals surface area contributed by atoms with Crippen LogP contribution < -0.4 is 0 Å². The molecule has 0 spiro atoms. The van der Waals surface area contributed by atoms with E-state index in [1.807, 2.05) is 43.9 Å². The summed E-state index contributed by atoms with van der Waals surface area (Å²) in [4.78, 5) is 16.7. The van der Waals surface area contributed by atoms with E-state index in [9.17, 15) is 9.90 Å². The van der Waals surface area contributed by atoms with Gasteiger partial charge in [0.05, 0.1) is 12.1 Å². The molecular weight excluding hydrogens is 304 g/mol. The normalized spacial score (nSPS) is 27.8. The van der Waals surface area contributed by atoms with Gasteiger partial charge in [0, 0.05) is 32.1 Å². The second-order valence-electron chi connectivity index (χ2n) is 7.94. The van der Waals surface area contributed by atoms with Crippen LogP contribution in [0.1, 0.15) is 32.8 Å². The van der Waals surface area contributed by atoms with Crippen molar-refractivity contribution in [1.29, 1.82) is 0 Å².